The summed E-state index contributed by atoms with van der Waals surface area (Å²) in [4.78, 5) is 4.74. The molecule has 0 saturated heterocycles. The molecule has 0 spiro atoms. The zero-order valence-corrected chi connectivity index (χ0v) is 43.6. The number of furan rings is 2. The summed E-state index contributed by atoms with van der Waals surface area (Å²) in [5.74, 6) is 0. The number of para-hydroxylation sites is 4. The average Bonchev–Trinajstić information content (AvgIpc) is 3.54. The van der Waals surface area contributed by atoms with Crippen molar-refractivity contribution in [3.63, 3.8) is 0 Å². The van der Waals surface area contributed by atoms with E-state index in [4.69, 9.17) is 8.83 Å². The first-order chi connectivity index (χ1) is 39.0. The third-order valence-electron chi connectivity index (χ3n) is 16.8. The smallest absolute Gasteiger partial charge is 0.159 e. The highest BCUT2D eigenvalue weighted by Gasteiger charge is 2.49. The van der Waals surface area contributed by atoms with Crippen molar-refractivity contribution in [2.24, 2.45) is 0 Å². The van der Waals surface area contributed by atoms with Crippen LogP contribution in [0.15, 0.2) is 276 Å². The van der Waals surface area contributed by atoms with E-state index in [1.54, 1.807) is 0 Å². The largest absolute Gasteiger partial charge is 0.454 e. The van der Waals surface area contributed by atoms with Gasteiger partial charge in [-0.3, -0.25) is 0 Å². The maximum Gasteiger partial charge on any atom is 0.159 e. The van der Waals surface area contributed by atoms with Gasteiger partial charge in [0.15, 0.2) is 11.2 Å². The molecule has 0 unspecified atom stereocenters. The molecule has 13 aromatic carbocycles. The van der Waals surface area contributed by atoms with E-state index in [0.717, 1.165) is 83.4 Å². The Labute approximate surface area is 457 Å². The van der Waals surface area contributed by atoms with Gasteiger partial charge < -0.3 is 18.6 Å². The van der Waals surface area contributed by atoms with Gasteiger partial charge in [0.25, 0.3) is 0 Å². The van der Waals surface area contributed by atoms with Gasteiger partial charge in [-0.2, -0.15) is 0 Å². The lowest BCUT2D eigenvalue weighted by atomic mass is 9.65. The molecular weight excluding hydrogens is 961 g/mol. The summed E-state index contributed by atoms with van der Waals surface area (Å²) in [6.45, 7) is 4.29. The van der Waals surface area contributed by atoms with Crippen molar-refractivity contribution in [2.75, 3.05) is 9.80 Å². The Hall–Kier alpha value is -10.2. The summed E-state index contributed by atoms with van der Waals surface area (Å²) in [5.41, 5.74) is 18.8. The monoisotopic (exact) mass is 1010 g/mol. The number of rotatable bonds is 8. The number of benzene rings is 13. The Morgan fingerprint density at radius 1 is 0.304 bits per heavy atom. The van der Waals surface area contributed by atoms with E-state index >= 15 is 0 Å². The second-order valence-electron chi connectivity index (χ2n) is 21.2. The van der Waals surface area contributed by atoms with Crippen molar-refractivity contribution < 1.29 is 8.83 Å². The summed E-state index contributed by atoms with van der Waals surface area (Å²) < 4.78 is 13.6. The predicted octanol–water partition coefficient (Wildman–Crippen LogP) is 20.9. The van der Waals surface area contributed by atoms with Crippen LogP contribution in [-0.4, -0.2) is 0 Å². The van der Waals surface area contributed by atoms with Gasteiger partial charge in [0.05, 0.1) is 16.8 Å². The summed E-state index contributed by atoms with van der Waals surface area (Å²) in [6, 6.07) is 97.9. The number of aryl methyl sites for hydroxylation is 2. The minimum atomic E-state index is -0.731. The van der Waals surface area contributed by atoms with Crippen molar-refractivity contribution in [2.45, 2.75) is 19.3 Å². The predicted molar refractivity (Wildman–Crippen MR) is 330 cm³/mol. The first-order valence-corrected chi connectivity index (χ1v) is 27.2. The van der Waals surface area contributed by atoms with E-state index in [-0.39, 0.29) is 0 Å². The van der Waals surface area contributed by atoms with Crippen LogP contribution in [0, 0.1) is 13.8 Å². The molecule has 0 amide bonds. The van der Waals surface area contributed by atoms with E-state index in [0.29, 0.717) is 0 Å². The lowest BCUT2D eigenvalue weighted by Crippen LogP contribution is -2.29. The van der Waals surface area contributed by atoms with Gasteiger partial charge in [0.1, 0.15) is 11.2 Å². The Morgan fingerprint density at radius 2 is 0.759 bits per heavy atom. The third-order valence-corrected chi connectivity index (χ3v) is 16.8. The standard InChI is InChI=1S/C75H50N2O2/c1-47-31-36-52(37-32-47)76(66-27-15-25-62-58-22-11-13-29-68(58)78-73(62)66)54-40-43-56-49(45-54)35-42-64-70-60-24-10-9-21-57(60)65-46-55(41-44-61(65)72(70)75(71(56)64,50-17-5-3-6-18-50)51-19-7-4-8-20-51)77(53-38-33-48(2)34-39-53)67-28-16-26-63-59-23-12-14-30-69(59)79-74(63)67/h3-46H,1-2H3. The molecule has 0 aliphatic heterocycles. The van der Waals surface area contributed by atoms with Crippen LogP contribution in [0.1, 0.15) is 33.4 Å². The number of fused-ring (bicyclic) bond motifs is 16. The van der Waals surface area contributed by atoms with Crippen molar-refractivity contribution in [1.82, 2.24) is 0 Å². The van der Waals surface area contributed by atoms with Crippen LogP contribution < -0.4 is 9.80 Å². The SMILES string of the molecule is Cc1ccc(N(c2ccc3c4c(ccc3c2)-c2c(c3ccc(N(c5ccc(C)cc5)c5cccc6c5oc5ccccc56)cc3c3ccccc23)C4(c2ccccc2)c2ccccc2)c2cccc3c2oc2ccccc23)cc1. The van der Waals surface area contributed by atoms with Crippen molar-refractivity contribution >= 4 is 110 Å². The lowest BCUT2D eigenvalue weighted by Gasteiger charge is -2.36. The topological polar surface area (TPSA) is 32.8 Å². The first kappa shape index (κ1) is 45.1. The molecule has 372 valence electrons. The summed E-state index contributed by atoms with van der Waals surface area (Å²) in [6.07, 6.45) is 0. The fourth-order valence-electron chi connectivity index (χ4n) is 13.4. The molecule has 0 bridgehead atoms. The molecule has 15 aromatic rings. The van der Waals surface area contributed by atoms with Gasteiger partial charge in [-0.1, -0.05) is 205 Å². The molecule has 79 heavy (non-hydrogen) atoms. The molecule has 0 radical (unpaired) electrons. The normalized spacial score (nSPS) is 12.8. The first-order valence-electron chi connectivity index (χ1n) is 27.2. The van der Waals surface area contributed by atoms with E-state index in [2.05, 4.69) is 278 Å². The Balaban J connectivity index is 0.971. The van der Waals surface area contributed by atoms with Crippen molar-refractivity contribution in [3.8, 4) is 11.1 Å². The number of hydrogen-bond acceptors (Lipinski definition) is 4. The van der Waals surface area contributed by atoms with Gasteiger partial charge in [0, 0.05) is 44.3 Å². The third kappa shape index (κ3) is 6.68. The molecule has 2 aromatic heterocycles. The molecule has 0 fully saturated rings. The zero-order valence-electron chi connectivity index (χ0n) is 43.6. The van der Waals surface area contributed by atoms with Gasteiger partial charge in [-0.05, 0) is 152 Å². The minimum Gasteiger partial charge on any atom is -0.454 e. The number of nitrogens with zero attached hydrogens (tertiary/aromatic N) is 2. The summed E-state index contributed by atoms with van der Waals surface area (Å²) in [7, 11) is 0. The quantitative estimate of drug-likeness (QED) is 0.142. The molecule has 4 nitrogen and oxygen atoms in total. The Morgan fingerprint density at radius 3 is 1.32 bits per heavy atom. The second kappa shape index (κ2) is 17.4. The fourth-order valence-corrected chi connectivity index (χ4v) is 13.4. The van der Waals surface area contributed by atoms with Crippen molar-refractivity contribution in [3.05, 3.63) is 300 Å². The number of hydrogen-bond donors (Lipinski definition) is 0. The highest BCUT2D eigenvalue weighted by molar-refractivity contribution is 6.22. The molecule has 0 atom stereocenters. The Kier molecular flexibility index (Phi) is 9.95. The molecule has 1 aliphatic carbocycles. The average molecular weight is 1010 g/mol. The maximum absolute atomic E-state index is 6.80. The zero-order chi connectivity index (χ0) is 52.3. The maximum atomic E-state index is 6.80. The van der Waals surface area contributed by atoms with Gasteiger partial charge in [-0.15, -0.1) is 0 Å². The Bertz CT molecular complexity index is 4880. The molecule has 16 rings (SSSR count). The molecule has 0 N–H and O–H groups in total. The molecule has 2 heterocycles. The van der Waals surface area contributed by atoms with Crippen molar-refractivity contribution in [1.29, 1.82) is 0 Å². The fraction of sp³-hybridized carbons (Fsp3) is 0.0400. The molecule has 0 saturated carbocycles. The summed E-state index contributed by atoms with van der Waals surface area (Å²) in [5, 5.41) is 11.6. The highest BCUT2D eigenvalue weighted by atomic mass is 16.3. The van der Waals surface area contributed by atoms with Crippen LogP contribution >= 0.6 is 0 Å². The molecule has 4 heteroatoms. The highest BCUT2D eigenvalue weighted by Crippen LogP contribution is 2.62. The van der Waals surface area contributed by atoms with Crippen LogP contribution in [0.5, 0.6) is 0 Å². The lowest BCUT2D eigenvalue weighted by molar-refractivity contribution is 0.668. The van der Waals surface area contributed by atoms with E-state index in [1.165, 1.54) is 71.4 Å². The van der Waals surface area contributed by atoms with E-state index in [1.807, 2.05) is 12.1 Å². The minimum absolute atomic E-state index is 0.731. The van der Waals surface area contributed by atoms with Crippen LogP contribution in [0.2, 0.25) is 0 Å². The van der Waals surface area contributed by atoms with Gasteiger partial charge in [-0.25, -0.2) is 0 Å². The van der Waals surface area contributed by atoms with E-state index < -0.39 is 5.41 Å². The molecule has 1 aliphatic rings. The van der Waals surface area contributed by atoms with Crippen LogP contribution in [0.25, 0.3) is 87.3 Å². The summed E-state index contributed by atoms with van der Waals surface area (Å²) >= 11 is 0. The van der Waals surface area contributed by atoms with Crippen LogP contribution in [-0.2, 0) is 5.41 Å². The molecular formula is C75H50N2O2. The van der Waals surface area contributed by atoms with Gasteiger partial charge >= 0.3 is 0 Å². The van der Waals surface area contributed by atoms with E-state index in [9.17, 15) is 0 Å². The second-order valence-corrected chi connectivity index (χ2v) is 21.2. The van der Waals surface area contributed by atoms with Crippen LogP contribution in [0.3, 0.4) is 0 Å². The van der Waals surface area contributed by atoms with Gasteiger partial charge in [0.2, 0.25) is 0 Å². The van der Waals surface area contributed by atoms with Crippen LogP contribution in [0.4, 0.5) is 34.1 Å². The number of anilines is 6.